The maximum absolute atomic E-state index is 11.6. The Hall–Kier alpha value is -1.11. The third-order valence-corrected chi connectivity index (χ3v) is 3.77. The normalized spacial score (nSPS) is 13.8. The Balaban J connectivity index is 4.25. The molecule has 0 aromatic heterocycles. The lowest BCUT2D eigenvalue weighted by atomic mass is 9.88. The molecule has 1 amide bonds. The summed E-state index contributed by atoms with van der Waals surface area (Å²) in [6.45, 7) is 6.00. The SMILES string of the molecule is CC(C)(C)CCC(NC(=O)CCCS(C)(=O)=O)C(=O)O. The van der Waals surface area contributed by atoms with Crippen molar-refractivity contribution in [2.45, 2.75) is 52.5 Å². The van der Waals surface area contributed by atoms with Gasteiger partial charge in [0, 0.05) is 12.7 Å². The van der Waals surface area contributed by atoms with Gasteiger partial charge in [0.25, 0.3) is 0 Å². The summed E-state index contributed by atoms with van der Waals surface area (Å²) >= 11 is 0. The maximum atomic E-state index is 11.6. The van der Waals surface area contributed by atoms with Gasteiger partial charge in [-0.2, -0.15) is 0 Å². The minimum Gasteiger partial charge on any atom is -0.480 e. The van der Waals surface area contributed by atoms with Crippen LogP contribution in [0.4, 0.5) is 0 Å². The lowest BCUT2D eigenvalue weighted by Gasteiger charge is -2.21. The highest BCUT2D eigenvalue weighted by molar-refractivity contribution is 7.90. The molecule has 0 aliphatic heterocycles. The number of amides is 1. The molecule has 118 valence electrons. The summed E-state index contributed by atoms with van der Waals surface area (Å²) in [4.78, 5) is 22.7. The summed E-state index contributed by atoms with van der Waals surface area (Å²) < 4.78 is 21.9. The molecule has 0 aromatic carbocycles. The fraction of sp³-hybridized carbons (Fsp3) is 0.846. The highest BCUT2D eigenvalue weighted by Gasteiger charge is 2.22. The predicted molar refractivity (Wildman–Crippen MR) is 77.2 cm³/mol. The summed E-state index contributed by atoms with van der Waals surface area (Å²) in [7, 11) is -3.09. The van der Waals surface area contributed by atoms with Crippen molar-refractivity contribution in [3.63, 3.8) is 0 Å². The first-order valence-corrected chi connectivity index (χ1v) is 8.67. The fourth-order valence-electron chi connectivity index (χ4n) is 1.60. The number of carboxylic acid groups (broad SMARTS) is 1. The summed E-state index contributed by atoms with van der Waals surface area (Å²) in [5, 5.41) is 11.5. The molecule has 0 aliphatic carbocycles. The Morgan fingerprint density at radius 1 is 1.25 bits per heavy atom. The van der Waals surface area contributed by atoms with Crippen LogP contribution in [0.2, 0.25) is 0 Å². The van der Waals surface area contributed by atoms with E-state index in [1.54, 1.807) is 0 Å². The van der Waals surface area contributed by atoms with E-state index >= 15 is 0 Å². The topological polar surface area (TPSA) is 101 Å². The number of carboxylic acids is 1. The zero-order valence-electron chi connectivity index (χ0n) is 12.6. The fourth-order valence-corrected chi connectivity index (χ4v) is 2.26. The van der Waals surface area contributed by atoms with Gasteiger partial charge in [-0.15, -0.1) is 0 Å². The molecule has 0 fully saturated rings. The first-order chi connectivity index (χ1) is 8.91. The van der Waals surface area contributed by atoms with E-state index in [9.17, 15) is 18.0 Å². The van der Waals surface area contributed by atoms with Crippen molar-refractivity contribution in [1.29, 1.82) is 0 Å². The molecular weight excluding hydrogens is 282 g/mol. The van der Waals surface area contributed by atoms with Crippen molar-refractivity contribution in [2.75, 3.05) is 12.0 Å². The Kier molecular flexibility index (Phi) is 7.19. The van der Waals surface area contributed by atoms with Crippen LogP contribution in [0, 0.1) is 5.41 Å². The van der Waals surface area contributed by atoms with E-state index in [0.717, 1.165) is 6.26 Å². The number of hydrogen-bond acceptors (Lipinski definition) is 4. The molecule has 0 aromatic rings. The number of rotatable bonds is 8. The van der Waals surface area contributed by atoms with Gasteiger partial charge in [-0.25, -0.2) is 13.2 Å². The molecule has 0 bridgehead atoms. The molecule has 0 rings (SSSR count). The second kappa shape index (κ2) is 7.61. The summed E-state index contributed by atoms with van der Waals surface area (Å²) in [5.41, 5.74) is -0.00524. The lowest BCUT2D eigenvalue weighted by Crippen LogP contribution is -2.41. The highest BCUT2D eigenvalue weighted by atomic mass is 32.2. The van der Waals surface area contributed by atoms with E-state index in [4.69, 9.17) is 5.11 Å². The van der Waals surface area contributed by atoms with Crippen molar-refractivity contribution < 1.29 is 23.1 Å². The summed E-state index contributed by atoms with van der Waals surface area (Å²) in [6, 6.07) is -0.917. The molecule has 1 atom stereocenters. The Bertz CT molecular complexity index is 436. The molecule has 0 aliphatic rings. The molecule has 0 saturated carbocycles. The van der Waals surface area contributed by atoms with Crippen LogP contribution >= 0.6 is 0 Å². The molecule has 0 radical (unpaired) electrons. The highest BCUT2D eigenvalue weighted by Crippen LogP contribution is 2.21. The van der Waals surface area contributed by atoms with Gasteiger partial charge < -0.3 is 10.4 Å². The van der Waals surface area contributed by atoms with Gasteiger partial charge in [0.15, 0.2) is 0 Å². The third-order valence-electron chi connectivity index (χ3n) is 2.74. The van der Waals surface area contributed by atoms with E-state index in [-0.39, 0.29) is 24.0 Å². The molecule has 20 heavy (non-hydrogen) atoms. The number of nitrogens with one attached hydrogen (secondary N) is 1. The van der Waals surface area contributed by atoms with E-state index in [0.29, 0.717) is 12.8 Å². The van der Waals surface area contributed by atoms with Gasteiger partial charge in [0.1, 0.15) is 15.9 Å². The number of sulfone groups is 1. The first kappa shape index (κ1) is 18.9. The van der Waals surface area contributed by atoms with Crippen LogP contribution in [0.25, 0.3) is 0 Å². The van der Waals surface area contributed by atoms with Gasteiger partial charge in [0.05, 0.1) is 5.75 Å². The Labute approximate surface area is 120 Å². The quantitative estimate of drug-likeness (QED) is 0.702. The van der Waals surface area contributed by atoms with Gasteiger partial charge >= 0.3 is 5.97 Å². The van der Waals surface area contributed by atoms with Crippen molar-refractivity contribution >= 4 is 21.7 Å². The molecular formula is C13H25NO5S. The molecule has 0 saturated heterocycles. The van der Waals surface area contributed by atoms with Crippen LogP contribution in [0.3, 0.4) is 0 Å². The summed E-state index contributed by atoms with van der Waals surface area (Å²) in [6.07, 6.45) is 2.36. The second-order valence-corrected chi connectivity index (χ2v) is 8.55. The van der Waals surface area contributed by atoms with Crippen LogP contribution in [0.15, 0.2) is 0 Å². The van der Waals surface area contributed by atoms with Crippen LogP contribution in [0.1, 0.15) is 46.5 Å². The van der Waals surface area contributed by atoms with E-state index in [1.165, 1.54) is 0 Å². The van der Waals surface area contributed by atoms with Crippen LogP contribution < -0.4 is 5.32 Å². The minimum absolute atomic E-state index is 0.00524. The molecule has 1 unspecified atom stereocenters. The Morgan fingerprint density at radius 2 is 1.80 bits per heavy atom. The average Bonchev–Trinajstić information content (AvgIpc) is 2.20. The largest absolute Gasteiger partial charge is 0.480 e. The van der Waals surface area contributed by atoms with Crippen molar-refractivity contribution in [3.8, 4) is 0 Å². The van der Waals surface area contributed by atoms with Crippen molar-refractivity contribution in [3.05, 3.63) is 0 Å². The summed E-state index contributed by atoms with van der Waals surface area (Å²) in [5.74, 6) is -1.55. The van der Waals surface area contributed by atoms with Crippen LogP contribution in [0.5, 0.6) is 0 Å². The van der Waals surface area contributed by atoms with E-state index < -0.39 is 27.8 Å². The van der Waals surface area contributed by atoms with Crippen LogP contribution in [-0.2, 0) is 19.4 Å². The van der Waals surface area contributed by atoms with Crippen molar-refractivity contribution in [1.82, 2.24) is 5.32 Å². The zero-order chi connectivity index (χ0) is 16.0. The molecule has 6 nitrogen and oxygen atoms in total. The monoisotopic (exact) mass is 307 g/mol. The maximum Gasteiger partial charge on any atom is 0.326 e. The first-order valence-electron chi connectivity index (χ1n) is 6.60. The third kappa shape index (κ3) is 10.8. The molecule has 2 N–H and O–H groups in total. The van der Waals surface area contributed by atoms with Gasteiger partial charge in [-0.1, -0.05) is 20.8 Å². The Morgan fingerprint density at radius 3 is 2.20 bits per heavy atom. The van der Waals surface area contributed by atoms with E-state index in [2.05, 4.69) is 5.32 Å². The van der Waals surface area contributed by atoms with Crippen molar-refractivity contribution in [2.24, 2.45) is 5.41 Å². The second-order valence-electron chi connectivity index (χ2n) is 6.29. The van der Waals surface area contributed by atoms with E-state index in [1.807, 2.05) is 20.8 Å². The number of carbonyl (C=O) groups excluding carboxylic acids is 1. The number of aliphatic carboxylic acids is 1. The molecule has 0 heterocycles. The lowest BCUT2D eigenvalue weighted by molar-refractivity contribution is -0.142. The predicted octanol–water partition coefficient (Wildman–Crippen LogP) is 1.21. The zero-order valence-corrected chi connectivity index (χ0v) is 13.4. The smallest absolute Gasteiger partial charge is 0.326 e. The molecule has 7 heteroatoms. The minimum atomic E-state index is -3.09. The van der Waals surface area contributed by atoms with Gasteiger partial charge in [-0.3, -0.25) is 4.79 Å². The number of carbonyl (C=O) groups is 2. The molecule has 0 spiro atoms. The standard InChI is InChI=1S/C13H25NO5S/c1-13(2,3)8-7-10(12(16)17)14-11(15)6-5-9-20(4,18)19/h10H,5-9H2,1-4H3,(H,14,15)(H,16,17). The van der Waals surface area contributed by atoms with Gasteiger partial charge in [-0.05, 0) is 24.7 Å². The van der Waals surface area contributed by atoms with Gasteiger partial charge in [0.2, 0.25) is 5.91 Å². The van der Waals surface area contributed by atoms with Crippen LogP contribution in [-0.4, -0.2) is 43.5 Å². The average molecular weight is 307 g/mol. The number of hydrogen-bond donors (Lipinski definition) is 2.